The maximum absolute atomic E-state index is 8.68. The zero-order valence-electron chi connectivity index (χ0n) is 10.3. The molecule has 16 heavy (non-hydrogen) atoms. The van der Waals surface area contributed by atoms with Crippen molar-refractivity contribution in [1.82, 2.24) is 5.32 Å². The number of hydrogen-bond acceptors (Lipinski definition) is 3. The second-order valence-electron chi connectivity index (χ2n) is 3.95. The van der Waals surface area contributed by atoms with Crippen LogP contribution < -0.4 is 10.1 Å². The van der Waals surface area contributed by atoms with E-state index in [2.05, 4.69) is 31.3 Å². The van der Waals surface area contributed by atoms with Crippen LogP contribution in [0.1, 0.15) is 23.1 Å². The number of hydrogen-bond donors (Lipinski definition) is 2. The molecule has 90 valence electrons. The molecule has 3 nitrogen and oxygen atoms in total. The first-order chi connectivity index (χ1) is 7.70. The molecule has 0 bridgehead atoms. The van der Waals surface area contributed by atoms with Gasteiger partial charge in [0.15, 0.2) is 0 Å². The molecule has 1 aromatic rings. The van der Waals surface area contributed by atoms with Gasteiger partial charge in [-0.15, -0.1) is 0 Å². The van der Waals surface area contributed by atoms with Gasteiger partial charge >= 0.3 is 0 Å². The van der Waals surface area contributed by atoms with Gasteiger partial charge in [-0.3, -0.25) is 0 Å². The molecule has 0 aliphatic heterocycles. The zero-order valence-corrected chi connectivity index (χ0v) is 10.3. The maximum Gasteiger partial charge on any atom is 0.126 e. The molecule has 0 aliphatic carbocycles. The summed E-state index contributed by atoms with van der Waals surface area (Å²) >= 11 is 0. The van der Waals surface area contributed by atoms with Crippen molar-refractivity contribution >= 4 is 0 Å². The van der Waals surface area contributed by atoms with Gasteiger partial charge in [0, 0.05) is 18.7 Å². The lowest BCUT2D eigenvalue weighted by Crippen LogP contribution is -2.16. The van der Waals surface area contributed by atoms with E-state index in [0.717, 1.165) is 25.3 Å². The lowest BCUT2D eigenvalue weighted by Gasteiger charge is -2.13. The summed E-state index contributed by atoms with van der Waals surface area (Å²) in [5.74, 6) is 0.969. The van der Waals surface area contributed by atoms with Gasteiger partial charge in [-0.1, -0.05) is 12.1 Å². The standard InChI is InChI=1S/C13H21NO2/c1-10-5-6-12(9-14-7-4-8-15)13(16-3)11(10)2/h5-6,14-15H,4,7-9H2,1-3H3. The number of rotatable bonds is 6. The summed E-state index contributed by atoms with van der Waals surface area (Å²) < 4.78 is 5.42. The van der Waals surface area contributed by atoms with Crippen LogP contribution >= 0.6 is 0 Å². The monoisotopic (exact) mass is 223 g/mol. The fraction of sp³-hybridized carbons (Fsp3) is 0.538. The van der Waals surface area contributed by atoms with Crippen LogP contribution in [0.3, 0.4) is 0 Å². The van der Waals surface area contributed by atoms with Crippen LogP contribution in [0.25, 0.3) is 0 Å². The topological polar surface area (TPSA) is 41.5 Å². The van der Waals surface area contributed by atoms with Gasteiger partial charge in [0.25, 0.3) is 0 Å². The van der Waals surface area contributed by atoms with Gasteiger partial charge in [0.2, 0.25) is 0 Å². The van der Waals surface area contributed by atoms with Gasteiger partial charge in [0.05, 0.1) is 7.11 Å². The van der Waals surface area contributed by atoms with E-state index >= 15 is 0 Å². The summed E-state index contributed by atoms with van der Waals surface area (Å²) in [6.45, 7) is 6.00. The zero-order chi connectivity index (χ0) is 12.0. The predicted octanol–water partition coefficient (Wildman–Crippen LogP) is 1.78. The highest BCUT2D eigenvalue weighted by Crippen LogP contribution is 2.25. The van der Waals surface area contributed by atoms with Crippen LogP contribution in [0.5, 0.6) is 5.75 Å². The van der Waals surface area contributed by atoms with E-state index in [1.165, 1.54) is 16.7 Å². The van der Waals surface area contributed by atoms with Crippen LogP contribution in [0.2, 0.25) is 0 Å². The second-order valence-corrected chi connectivity index (χ2v) is 3.95. The quantitative estimate of drug-likeness (QED) is 0.722. The minimum absolute atomic E-state index is 0.233. The van der Waals surface area contributed by atoms with Crippen LogP contribution in [0.15, 0.2) is 12.1 Å². The largest absolute Gasteiger partial charge is 0.496 e. The summed E-state index contributed by atoms with van der Waals surface area (Å²) in [5.41, 5.74) is 3.61. The SMILES string of the molecule is COc1c(CNCCCO)ccc(C)c1C. The number of ether oxygens (including phenoxy) is 1. The van der Waals surface area contributed by atoms with E-state index in [0.29, 0.717) is 0 Å². The molecule has 0 radical (unpaired) electrons. The van der Waals surface area contributed by atoms with Crippen LogP contribution in [0.4, 0.5) is 0 Å². The first-order valence-corrected chi connectivity index (χ1v) is 5.65. The van der Waals surface area contributed by atoms with E-state index in [-0.39, 0.29) is 6.61 Å². The third-order valence-corrected chi connectivity index (χ3v) is 2.79. The Labute approximate surface area is 97.4 Å². The molecule has 0 fully saturated rings. The van der Waals surface area contributed by atoms with Crippen molar-refractivity contribution in [2.45, 2.75) is 26.8 Å². The summed E-state index contributed by atoms with van der Waals surface area (Å²) in [4.78, 5) is 0. The van der Waals surface area contributed by atoms with Gasteiger partial charge in [-0.05, 0) is 37.9 Å². The van der Waals surface area contributed by atoms with Crippen molar-refractivity contribution < 1.29 is 9.84 Å². The first-order valence-electron chi connectivity index (χ1n) is 5.65. The molecule has 2 N–H and O–H groups in total. The highest BCUT2D eigenvalue weighted by molar-refractivity contribution is 5.45. The lowest BCUT2D eigenvalue weighted by atomic mass is 10.0. The van der Waals surface area contributed by atoms with E-state index in [9.17, 15) is 0 Å². The average molecular weight is 223 g/mol. The Morgan fingerprint density at radius 1 is 1.31 bits per heavy atom. The Morgan fingerprint density at radius 3 is 2.69 bits per heavy atom. The Hall–Kier alpha value is -1.06. The normalized spacial score (nSPS) is 10.5. The predicted molar refractivity (Wildman–Crippen MR) is 65.9 cm³/mol. The van der Waals surface area contributed by atoms with Crippen LogP contribution in [-0.2, 0) is 6.54 Å². The van der Waals surface area contributed by atoms with Crippen molar-refractivity contribution in [2.24, 2.45) is 0 Å². The highest BCUT2D eigenvalue weighted by Gasteiger charge is 2.07. The van der Waals surface area contributed by atoms with Crippen LogP contribution in [0, 0.1) is 13.8 Å². The molecule has 0 amide bonds. The Kier molecular flexibility index (Phi) is 5.29. The number of benzene rings is 1. The van der Waals surface area contributed by atoms with E-state index in [4.69, 9.17) is 9.84 Å². The summed E-state index contributed by atoms with van der Waals surface area (Å²) in [7, 11) is 1.71. The number of methoxy groups -OCH3 is 1. The summed E-state index contributed by atoms with van der Waals surface area (Å²) in [5, 5.41) is 12.0. The Morgan fingerprint density at radius 2 is 2.06 bits per heavy atom. The second kappa shape index (κ2) is 6.51. The molecule has 0 spiro atoms. The van der Waals surface area contributed by atoms with Gasteiger partial charge in [-0.2, -0.15) is 0 Å². The van der Waals surface area contributed by atoms with Crippen molar-refractivity contribution in [3.8, 4) is 5.75 Å². The Bertz CT molecular complexity index is 337. The smallest absolute Gasteiger partial charge is 0.126 e. The minimum atomic E-state index is 0.233. The molecule has 0 aromatic heterocycles. The van der Waals surface area contributed by atoms with Crippen molar-refractivity contribution in [3.05, 3.63) is 28.8 Å². The van der Waals surface area contributed by atoms with Crippen molar-refractivity contribution in [2.75, 3.05) is 20.3 Å². The number of aryl methyl sites for hydroxylation is 1. The number of nitrogens with one attached hydrogen (secondary N) is 1. The molecular weight excluding hydrogens is 202 g/mol. The average Bonchev–Trinajstić information content (AvgIpc) is 2.29. The fourth-order valence-electron chi connectivity index (χ4n) is 1.70. The third kappa shape index (κ3) is 3.22. The van der Waals surface area contributed by atoms with Gasteiger partial charge in [0.1, 0.15) is 5.75 Å². The Balaban J connectivity index is 2.68. The fourth-order valence-corrected chi connectivity index (χ4v) is 1.70. The molecule has 1 rings (SSSR count). The number of aliphatic hydroxyl groups excluding tert-OH is 1. The molecule has 1 aromatic carbocycles. The van der Waals surface area contributed by atoms with E-state index < -0.39 is 0 Å². The van der Waals surface area contributed by atoms with Crippen LogP contribution in [-0.4, -0.2) is 25.4 Å². The molecule has 0 atom stereocenters. The molecule has 0 heterocycles. The highest BCUT2D eigenvalue weighted by atomic mass is 16.5. The number of aliphatic hydroxyl groups is 1. The van der Waals surface area contributed by atoms with Crippen molar-refractivity contribution in [3.63, 3.8) is 0 Å². The summed E-state index contributed by atoms with van der Waals surface area (Å²) in [6, 6.07) is 4.20. The molecule has 0 unspecified atom stereocenters. The molecule has 0 saturated carbocycles. The molecular formula is C13H21NO2. The first kappa shape index (κ1) is 13.0. The summed E-state index contributed by atoms with van der Waals surface area (Å²) in [6.07, 6.45) is 0.785. The lowest BCUT2D eigenvalue weighted by molar-refractivity contribution is 0.286. The third-order valence-electron chi connectivity index (χ3n) is 2.79. The van der Waals surface area contributed by atoms with Gasteiger partial charge < -0.3 is 15.2 Å². The van der Waals surface area contributed by atoms with E-state index in [1.807, 2.05) is 0 Å². The van der Waals surface area contributed by atoms with E-state index in [1.54, 1.807) is 7.11 Å². The van der Waals surface area contributed by atoms with Gasteiger partial charge in [-0.25, -0.2) is 0 Å². The molecule has 3 heteroatoms. The molecule has 0 saturated heterocycles. The van der Waals surface area contributed by atoms with Crippen molar-refractivity contribution in [1.29, 1.82) is 0 Å². The maximum atomic E-state index is 8.68. The minimum Gasteiger partial charge on any atom is -0.496 e. The molecule has 0 aliphatic rings.